The van der Waals surface area contributed by atoms with Crippen molar-refractivity contribution in [1.29, 1.82) is 0 Å². The van der Waals surface area contributed by atoms with Crippen molar-refractivity contribution >= 4 is 39.1 Å². The molecular formula is C22H22N2O3S2. The molecule has 7 heteroatoms. The van der Waals surface area contributed by atoms with Crippen LogP contribution in [0.15, 0.2) is 83.8 Å². The summed E-state index contributed by atoms with van der Waals surface area (Å²) in [4.78, 5) is 13.8. The van der Waals surface area contributed by atoms with E-state index in [0.717, 1.165) is 21.9 Å². The number of benzene rings is 3. The quantitative estimate of drug-likeness (QED) is 0.560. The highest BCUT2D eigenvalue weighted by Crippen LogP contribution is 2.23. The molecule has 1 amide bonds. The summed E-state index contributed by atoms with van der Waals surface area (Å²) in [7, 11) is -1.93. The zero-order valence-corrected chi connectivity index (χ0v) is 17.8. The van der Waals surface area contributed by atoms with Crippen molar-refractivity contribution in [1.82, 2.24) is 0 Å². The summed E-state index contributed by atoms with van der Waals surface area (Å²) in [5, 5.41) is 2.85. The molecule has 0 heterocycles. The lowest BCUT2D eigenvalue weighted by Crippen LogP contribution is -2.25. The second-order valence-electron chi connectivity index (χ2n) is 6.53. The lowest BCUT2D eigenvalue weighted by molar-refractivity contribution is 0.102. The molecule has 1 N–H and O–H groups in total. The highest BCUT2D eigenvalue weighted by molar-refractivity contribution is 7.98. The number of hydrogen-bond acceptors (Lipinski definition) is 4. The SMILES string of the molecule is CN(c1cccc(C(=O)Nc2ccc(CSc3ccccc3)cc2)c1)S(C)(=O)=O. The van der Waals surface area contributed by atoms with Crippen molar-refractivity contribution < 1.29 is 13.2 Å². The van der Waals surface area contributed by atoms with Crippen molar-refractivity contribution in [3.8, 4) is 0 Å². The van der Waals surface area contributed by atoms with Gasteiger partial charge in [0.05, 0.1) is 11.9 Å². The molecule has 5 nitrogen and oxygen atoms in total. The summed E-state index contributed by atoms with van der Waals surface area (Å²) in [6, 6.07) is 24.4. The Morgan fingerprint density at radius 1 is 0.966 bits per heavy atom. The number of amides is 1. The Labute approximate surface area is 175 Å². The summed E-state index contributed by atoms with van der Waals surface area (Å²) in [6.07, 6.45) is 1.12. The van der Waals surface area contributed by atoms with Crippen LogP contribution in [0.4, 0.5) is 11.4 Å². The lowest BCUT2D eigenvalue weighted by atomic mass is 10.1. The molecule has 3 rings (SSSR count). The molecule has 0 spiro atoms. The number of hydrogen-bond donors (Lipinski definition) is 1. The van der Waals surface area contributed by atoms with Gasteiger partial charge in [0.15, 0.2) is 0 Å². The third kappa shape index (κ3) is 5.85. The average molecular weight is 427 g/mol. The zero-order chi connectivity index (χ0) is 20.9. The van der Waals surface area contributed by atoms with E-state index in [1.807, 2.05) is 42.5 Å². The molecule has 0 saturated heterocycles. The van der Waals surface area contributed by atoms with Crippen molar-refractivity contribution in [3.63, 3.8) is 0 Å². The Morgan fingerprint density at radius 3 is 2.31 bits per heavy atom. The Balaban J connectivity index is 1.63. The first-order valence-corrected chi connectivity index (χ1v) is 11.8. The summed E-state index contributed by atoms with van der Waals surface area (Å²) < 4.78 is 24.5. The number of nitrogens with zero attached hydrogens (tertiary/aromatic N) is 1. The van der Waals surface area contributed by atoms with E-state index >= 15 is 0 Å². The van der Waals surface area contributed by atoms with Crippen molar-refractivity contribution in [2.75, 3.05) is 22.9 Å². The molecule has 150 valence electrons. The molecule has 0 aromatic heterocycles. The van der Waals surface area contributed by atoms with Gasteiger partial charge in [-0.3, -0.25) is 9.10 Å². The number of nitrogens with one attached hydrogen (secondary N) is 1. The van der Waals surface area contributed by atoms with E-state index in [2.05, 4.69) is 17.4 Å². The maximum Gasteiger partial charge on any atom is 0.255 e. The molecule has 0 fully saturated rings. The fourth-order valence-corrected chi connectivity index (χ4v) is 3.98. The van der Waals surface area contributed by atoms with E-state index in [0.29, 0.717) is 16.9 Å². The van der Waals surface area contributed by atoms with Gasteiger partial charge in [-0.15, -0.1) is 11.8 Å². The fourth-order valence-electron chi connectivity index (χ4n) is 2.61. The molecule has 0 radical (unpaired) electrons. The second-order valence-corrected chi connectivity index (χ2v) is 9.60. The molecular weight excluding hydrogens is 404 g/mol. The summed E-state index contributed by atoms with van der Waals surface area (Å²) >= 11 is 1.76. The summed E-state index contributed by atoms with van der Waals surface area (Å²) in [5.41, 5.74) is 2.68. The van der Waals surface area contributed by atoms with Crippen LogP contribution in [0.3, 0.4) is 0 Å². The third-order valence-electron chi connectivity index (χ3n) is 4.33. The smallest absolute Gasteiger partial charge is 0.255 e. The molecule has 3 aromatic carbocycles. The molecule has 0 aliphatic carbocycles. The van der Waals surface area contributed by atoms with E-state index in [1.54, 1.807) is 36.0 Å². The molecule has 0 aliphatic heterocycles. The van der Waals surface area contributed by atoms with Crippen LogP contribution in [-0.4, -0.2) is 27.6 Å². The molecule has 0 bridgehead atoms. The standard InChI is InChI=1S/C22H22N2O3S2/c1-24(29(2,26)27)20-8-6-7-18(15-20)22(25)23-19-13-11-17(12-14-19)16-28-21-9-4-3-5-10-21/h3-15H,16H2,1-2H3,(H,23,25). The molecule has 0 unspecified atom stereocenters. The van der Waals surface area contributed by atoms with Crippen molar-refractivity contribution in [3.05, 3.63) is 90.0 Å². The maximum atomic E-state index is 12.6. The molecule has 0 aliphatic rings. The monoisotopic (exact) mass is 426 g/mol. The summed E-state index contributed by atoms with van der Waals surface area (Å²) in [5.74, 6) is 0.554. The zero-order valence-electron chi connectivity index (χ0n) is 16.2. The average Bonchev–Trinajstić information content (AvgIpc) is 2.73. The Hall–Kier alpha value is -2.77. The fraction of sp³-hybridized carbons (Fsp3) is 0.136. The normalized spacial score (nSPS) is 11.1. The van der Waals surface area contributed by atoms with Gasteiger partial charge in [0.2, 0.25) is 10.0 Å². The van der Waals surface area contributed by atoms with E-state index in [-0.39, 0.29) is 5.91 Å². The third-order valence-corrected chi connectivity index (χ3v) is 6.62. The number of thioether (sulfide) groups is 1. The van der Waals surface area contributed by atoms with Crippen molar-refractivity contribution in [2.24, 2.45) is 0 Å². The van der Waals surface area contributed by atoms with Gasteiger partial charge >= 0.3 is 0 Å². The maximum absolute atomic E-state index is 12.6. The minimum Gasteiger partial charge on any atom is -0.322 e. The van der Waals surface area contributed by atoms with E-state index in [1.165, 1.54) is 11.9 Å². The van der Waals surface area contributed by atoms with Gasteiger partial charge in [-0.05, 0) is 48.0 Å². The minimum absolute atomic E-state index is 0.292. The molecule has 29 heavy (non-hydrogen) atoms. The van der Waals surface area contributed by atoms with Gasteiger partial charge in [0.25, 0.3) is 5.91 Å². The topological polar surface area (TPSA) is 66.5 Å². The number of sulfonamides is 1. The van der Waals surface area contributed by atoms with E-state index in [4.69, 9.17) is 0 Å². The first-order valence-electron chi connectivity index (χ1n) is 8.95. The van der Waals surface area contributed by atoms with Gasteiger partial charge in [-0.1, -0.05) is 36.4 Å². The van der Waals surface area contributed by atoms with Crippen LogP contribution in [0.5, 0.6) is 0 Å². The van der Waals surface area contributed by atoms with Crippen LogP contribution in [-0.2, 0) is 15.8 Å². The Kier molecular flexibility index (Phi) is 6.61. The largest absolute Gasteiger partial charge is 0.322 e. The van der Waals surface area contributed by atoms with E-state index in [9.17, 15) is 13.2 Å². The molecule has 0 atom stereocenters. The van der Waals surface area contributed by atoms with Crippen LogP contribution >= 0.6 is 11.8 Å². The van der Waals surface area contributed by atoms with Crippen LogP contribution < -0.4 is 9.62 Å². The van der Waals surface area contributed by atoms with Crippen molar-refractivity contribution in [2.45, 2.75) is 10.6 Å². The predicted molar refractivity (Wildman–Crippen MR) is 120 cm³/mol. The van der Waals surface area contributed by atoms with Gasteiger partial charge < -0.3 is 5.32 Å². The second kappa shape index (κ2) is 9.15. The lowest BCUT2D eigenvalue weighted by Gasteiger charge is -2.17. The van der Waals surface area contributed by atoms with E-state index < -0.39 is 10.0 Å². The van der Waals surface area contributed by atoms with Crippen LogP contribution in [0.2, 0.25) is 0 Å². The van der Waals surface area contributed by atoms with Gasteiger partial charge in [0.1, 0.15) is 0 Å². The predicted octanol–water partition coefficient (Wildman–Crippen LogP) is 4.63. The first kappa shape index (κ1) is 21.0. The Bertz CT molecular complexity index is 1080. The molecule has 0 saturated carbocycles. The van der Waals surface area contributed by atoms with Gasteiger partial charge in [0, 0.05) is 28.9 Å². The number of carbonyl (C=O) groups is 1. The Morgan fingerprint density at radius 2 is 1.66 bits per heavy atom. The minimum atomic E-state index is -3.39. The highest BCUT2D eigenvalue weighted by Gasteiger charge is 2.14. The summed E-state index contributed by atoms with van der Waals surface area (Å²) in [6.45, 7) is 0. The van der Waals surface area contributed by atoms with Gasteiger partial charge in [-0.2, -0.15) is 0 Å². The van der Waals surface area contributed by atoms with Crippen LogP contribution in [0.1, 0.15) is 15.9 Å². The molecule has 3 aromatic rings. The number of carbonyl (C=O) groups excluding carboxylic acids is 1. The first-order chi connectivity index (χ1) is 13.8. The number of anilines is 2. The highest BCUT2D eigenvalue weighted by atomic mass is 32.2. The van der Waals surface area contributed by atoms with Crippen LogP contribution in [0, 0.1) is 0 Å². The van der Waals surface area contributed by atoms with Crippen LogP contribution in [0.25, 0.3) is 0 Å². The number of rotatable bonds is 7. The van der Waals surface area contributed by atoms with Gasteiger partial charge in [-0.25, -0.2) is 8.42 Å².